The predicted octanol–water partition coefficient (Wildman–Crippen LogP) is 4.62. The molecule has 0 fully saturated rings. The average Bonchev–Trinajstić information content (AvgIpc) is 3.19. The summed E-state index contributed by atoms with van der Waals surface area (Å²) in [5, 5.41) is 0.822. The molecule has 0 amide bonds. The monoisotopic (exact) mass is 418 g/mol. The Balaban J connectivity index is 1.92. The minimum Gasteiger partial charge on any atom is -0.465 e. The van der Waals surface area contributed by atoms with Gasteiger partial charge in [-0.25, -0.2) is 9.97 Å². The zero-order valence-electron chi connectivity index (χ0n) is 16.9. The maximum Gasteiger partial charge on any atom is 0.322 e. The number of carbonyl (C=O) groups is 2. The number of fused-ring (bicyclic) bond motifs is 1. The molecule has 0 radical (unpaired) electrons. The van der Waals surface area contributed by atoms with E-state index in [4.69, 9.17) is 14.7 Å². The lowest BCUT2D eigenvalue weighted by molar-refractivity contribution is -0.147. The molecule has 30 heavy (non-hydrogen) atoms. The molecule has 0 aliphatic carbocycles. The Morgan fingerprint density at radius 1 is 1.07 bits per heavy atom. The Bertz CT molecular complexity index is 1070. The number of nitrogens with zero attached hydrogens (tertiary/aromatic N) is 2. The third-order valence-electron chi connectivity index (χ3n) is 5.11. The van der Waals surface area contributed by atoms with Crippen molar-refractivity contribution in [2.75, 3.05) is 12.4 Å². The van der Waals surface area contributed by atoms with Crippen molar-refractivity contribution < 1.29 is 14.3 Å². The summed E-state index contributed by atoms with van der Waals surface area (Å²) in [6.45, 7) is 3.35. The number of ketones is 1. The standard InChI is InChI=1S/C24H22N2O3S/c1-3-29-24(28)19(15(2)27)21-20-18(16-10-6-4-7-11-16)14-30-23(20)26-22(25-21)17-12-8-5-9-13-17/h4-13,18-19H,3,14H2,1-2H3. The highest BCUT2D eigenvalue weighted by atomic mass is 32.2. The average molecular weight is 419 g/mol. The third-order valence-corrected chi connectivity index (χ3v) is 6.20. The van der Waals surface area contributed by atoms with E-state index in [2.05, 4.69) is 12.1 Å². The van der Waals surface area contributed by atoms with Crippen LogP contribution in [0.2, 0.25) is 0 Å². The SMILES string of the molecule is CCOC(=O)C(C(C)=O)c1nc(-c2ccccc2)nc2c1C(c1ccccc1)CS2. The molecule has 1 aliphatic rings. The Morgan fingerprint density at radius 2 is 1.73 bits per heavy atom. The van der Waals surface area contributed by atoms with Crippen LogP contribution in [-0.4, -0.2) is 34.1 Å². The van der Waals surface area contributed by atoms with Gasteiger partial charge in [0.1, 0.15) is 10.8 Å². The number of ether oxygens (including phenoxy) is 1. The molecule has 1 aliphatic heterocycles. The van der Waals surface area contributed by atoms with E-state index in [1.807, 2.05) is 48.5 Å². The molecule has 0 saturated carbocycles. The Morgan fingerprint density at radius 3 is 2.37 bits per heavy atom. The van der Waals surface area contributed by atoms with Crippen molar-refractivity contribution in [2.24, 2.45) is 0 Å². The van der Waals surface area contributed by atoms with Gasteiger partial charge < -0.3 is 4.74 Å². The van der Waals surface area contributed by atoms with Gasteiger partial charge in [-0.1, -0.05) is 60.7 Å². The fraction of sp³-hybridized carbons (Fsp3) is 0.250. The van der Waals surface area contributed by atoms with Gasteiger partial charge in [0.2, 0.25) is 0 Å². The van der Waals surface area contributed by atoms with Crippen LogP contribution < -0.4 is 0 Å². The number of carbonyl (C=O) groups excluding carboxylic acids is 2. The number of esters is 1. The molecule has 2 unspecified atom stereocenters. The first-order valence-electron chi connectivity index (χ1n) is 9.92. The van der Waals surface area contributed by atoms with E-state index in [0.717, 1.165) is 27.5 Å². The molecular weight excluding hydrogens is 396 g/mol. The highest BCUT2D eigenvalue weighted by molar-refractivity contribution is 7.99. The van der Waals surface area contributed by atoms with Gasteiger partial charge >= 0.3 is 5.97 Å². The molecule has 2 heterocycles. The van der Waals surface area contributed by atoms with Gasteiger partial charge in [0.15, 0.2) is 11.7 Å². The summed E-state index contributed by atoms with van der Waals surface area (Å²) < 4.78 is 5.24. The van der Waals surface area contributed by atoms with E-state index in [1.165, 1.54) is 6.92 Å². The fourth-order valence-corrected chi connectivity index (χ4v) is 4.97. The molecule has 0 bridgehead atoms. The number of hydrogen-bond acceptors (Lipinski definition) is 6. The zero-order valence-corrected chi connectivity index (χ0v) is 17.7. The predicted molar refractivity (Wildman–Crippen MR) is 117 cm³/mol. The Kier molecular flexibility index (Phi) is 5.95. The maximum atomic E-state index is 12.8. The molecule has 1 aromatic heterocycles. The maximum absolute atomic E-state index is 12.8. The summed E-state index contributed by atoms with van der Waals surface area (Å²) in [6.07, 6.45) is 0. The molecule has 4 rings (SSSR count). The minimum atomic E-state index is -1.06. The molecule has 2 aromatic carbocycles. The molecule has 0 saturated heterocycles. The first-order valence-corrected chi connectivity index (χ1v) is 10.9. The van der Waals surface area contributed by atoms with Crippen LogP contribution in [0.15, 0.2) is 65.7 Å². The van der Waals surface area contributed by atoms with Crippen molar-refractivity contribution in [2.45, 2.75) is 30.7 Å². The smallest absolute Gasteiger partial charge is 0.322 e. The van der Waals surface area contributed by atoms with E-state index in [9.17, 15) is 9.59 Å². The van der Waals surface area contributed by atoms with Gasteiger partial charge in [0.25, 0.3) is 0 Å². The summed E-state index contributed by atoms with van der Waals surface area (Å²) in [7, 11) is 0. The Labute approximate surface area is 179 Å². The second-order valence-electron chi connectivity index (χ2n) is 7.09. The van der Waals surface area contributed by atoms with E-state index in [1.54, 1.807) is 18.7 Å². The normalized spacial score (nSPS) is 16.0. The number of hydrogen-bond donors (Lipinski definition) is 0. The topological polar surface area (TPSA) is 69.2 Å². The molecule has 6 heteroatoms. The summed E-state index contributed by atoms with van der Waals surface area (Å²) in [4.78, 5) is 34.9. The van der Waals surface area contributed by atoms with Crippen molar-refractivity contribution in [1.82, 2.24) is 9.97 Å². The summed E-state index contributed by atoms with van der Waals surface area (Å²) in [5.74, 6) is -0.588. The largest absolute Gasteiger partial charge is 0.465 e. The first kappa shape index (κ1) is 20.3. The highest BCUT2D eigenvalue weighted by Gasteiger charge is 2.38. The van der Waals surface area contributed by atoms with E-state index in [-0.39, 0.29) is 18.3 Å². The van der Waals surface area contributed by atoms with Gasteiger partial charge in [-0.05, 0) is 19.4 Å². The van der Waals surface area contributed by atoms with Crippen molar-refractivity contribution in [3.05, 3.63) is 77.5 Å². The van der Waals surface area contributed by atoms with Crippen LogP contribution in [-0.2, 0) is 14.3 Å². The molecular formula is C24H22N2O3S. The van der Waals surface area contributed by atoms with Crippen molar-refractivity contribution in [1.29, 1.82) is 0 Å². The number of Topliss-reactive ketones (excluding diaryl/α,β-unsaturated/α-hetero) is 1. The molecule has 0 N–H and O–H groups in total. The lowest BCUT2D eigenvalue weighted by Gasteiger charge is -2.20. The van der Waals surface area contributed by atoms with Gasteiger partial charge in [-0.2, -0.15) is 0 Å². The van der Waals surface area contributed by atoms with Crippen molar-refractivity contribution in [3.63, 3.8) is 0 Å². The van der Waals surface area contributed by atoms with Gasteiger partial charge in [0, 0.05) is 22.8 Å². The van der Waals surface area contributed by atoms with E-state index >= 15 is 0 Å². The molecule has 5 nitrogen and oxygen atoms in total. The van der Waals surface area contributed by atoms with E-state index < -0.39 is 11.9 Å². The molecule has 152 valence electrons. The Hall–Kier alpha value is -2.99. The van der Waals surface area contributed by atoms with Gasteiger partial charge in [-0.15, -0.1) is 11.8 Å². The minimum absolute atomic E-state index is 0.0160. The van der Waals surface area contributed by atoms with Crippen molar-refractivity contribution >= 4 is 23.5 Å². The molecule has 3 aromatic rings. The zero-order chi connectivity index (χ0) is 21.1. The number of aromatic nitrogens is 2. The van der Waals surface area contributed by atoms with Crippen LogP contribution >= 0.6 is 11.8 Å². The number of benzene rings is 2. The second-order valence-corrected chi connectivity index (χ2v) is 8.10. The van der Waals surface area contributed by atoms with Crippen LogP contribution in [0.5, 0.6) is 0 Å². The van der Waals surface area contributed by atoms with Crippen LogP contribution in [0.1, 0.15) is 42.5 Å². The quantitative estimate of drug-likeness (QED) is 0.331. The fourth-order valence-electron chi connectivity index (χ4n) is 3.73. The number of rotatable bonds is 6. The van der Waals surface area contributed by atoms with Gasteiger partial charge in [0.05, 0.1) is 12.3 Å². The van der Waals surface area contributed by atoms with E-state index in [0.29, 0.717) is 11.5 Å². The molecule has 2 atom stereocenters. The lowest BCUT2D eigenvalue weighted by Crippen LogP contribution is -2.26. The highest BCUT2D eigenvalue weighted by Crippen LogP contribution is 2.46. The summed E-state index contributed by atoms with van der Waals surface area (Å²) >= 11 is 1.63. The first-order chi connectivity index (χ1) is 14.6. The second kappa shape index (κ2) is 8.79. The summed E-state index contributed by atoms with van der Waals surface area (Å²) in [6, 6.07) is 19.7. The number of thioether (sulfide) groups is 1. The van der Waals surface area contributed by atoms with Gasteiger partial charge in [-0.3, -0.25) is 9.59 Å². The van der Waals surface area contributed by atoms with Crippen LogP contribution in [0.3, 0.4) is 0 Å². The van der Waals surface area contributed by atoms with Crippen molar-refractivity contribution in [3.8, 4) is 11.4 Å². The molecule has 0 spiro atoms. The van der Waals surface area contributed by atoms with Crippen LogP contribution in [0.4, 0.5) is 0 Å². The lowest BCUT2D eigenvalue weighted by atomic mass is 9.87. The summed E-state index contributed by atoms with van der Waals surface area (Å²) in [5.41, 5.74) is 3.28. The van der Waals surface area contributed by atoms with Crippen LogP contribution in [0, 0.1) is 0 Å². The van der Waals surface area contributed by atoms with Crippen LogP contribution in [0.25, 0.3) is 11.4 Å². The third kappa shape index (κ3) is 3.87.